The number of nitrogens with zero attached hydrogens (tertiary/aromatic N) is 1. The molecule has 0 amide bonds. The summed E-state index contributed by atoms with van der Waals surface area (Å²) >= 11 is 0. The van der Waals surface area contributed by atoms with Gasteiger partial charge in [-0.3, -0.25) is 4.99 Å². The van der Waals surface area contributed by atoms with Crippen molar-refractivity contribution in [3.63, 3.8) is 0 Å². The smallest absolute Gasteiger partial charge is 0.191 e. The van der Waals surface area contributed by atoms with Crippen LogP contribution in [0.25, 0.3) is 0 Å². The summed E-state index contributed by atoms with van der Waals surface area (Å²) in [5.41, 5.74) is 1.62. The Kier molecular flexibility index (Phi) is 7.29. The maximum atomic E-state index is 13.7. The van der Waals surface area contributed by atoms with Crippen LogP contribution in [0.2, 0.25) is 0 Å². The highest BCUT2D eigenvalue weighted by molar-refractivity contribution is 14.0. The molecule has 0 radical (unpaired) electrons. The van der Waals surface area contributed by atoms with Crippen LogP contribution in [0.15, 0.2) is 29.3 Å². The summed E-state index contributed by atoms with van der Waals surface area (Å²) in [6, 6.07) is 3.41. The number of hydrogen-bond donors (Lipinski definition) is 2. The largest absolute Gasteiger partial charge is 0.467 e. The van der Waals surface area contributed by atoms with Gasteiger partial charge in [0.2, 0.25) is 0 Å². The molecule has 3 rings (SSSR count). The van der Waals surface area contributed by atoms with Crippen LogP contribution in [0.5, 0.6) is 5.75 Å². The van der Waals surface area contributed by atoms with Gasteiger partial charge >= 0.3 is 0 Å². The second-order valence-electron chi connectivity index (χ2n) is 5.70. The van der Waals surface area contributed by atoms with Crippen molar-refractivity contribution in [2.24, 2.45) is 4.99 Å². The fraction of sp³-hybridized carbons (Fsp3) is 0.471. The van der Waals surface area contributed by atoms with Crippen LogP contribution in [-0.4, -0.2) is 32.4 Å². The molecule has 5 nitrogen and oxygen atoms in total. The molecule has 1 aromatic carbocycles. The molecular weight excluding hydrogens is 424 g/mol. The van der Waals surface area contributed by atoms with Crippen LogP contribution in [0.4, 0.5) is 4.39 Å². The number of halogens is 2. The minimum Gasteiger partial charge on any atom is -0.467 e. The number of hydrogen-bond acceptors (Lipinski definition) is 3. The summed E-state index contributed by atoms with van der Waals surface area (Å²) in [4.78, 5) is 4.23. The van der Waals surface area contributed by atoms with Gasteiger partial charge < -0.3 is 20.1 Å². The van der Waals surface area contributed by atoms with E-state index in [0.29, 0.717) is 25.6 Å². The number of ether oxygens (including phenoxy) is 2. The molecule has 132 valence electrons. The van der Waals surface area contributed by atoms with Crippen LogP contribution in [0, 0.1) is 5.82 Å². The minimum absolute atomic E-state index is 0. The topological polar surface area (TPSA) is 54.9 Å². The molecule has 1 aliphatic carbocycles. The Labute approximate surface area is 158 Å². The maximum Gasteiger partial charge on any atom is 0.191 e. The number of aliphatic imine (C=N–C) groups is 1. The fourth-order valence-corrected chi connectivity index (χ4v) is 2.88. The van der Waals surface area contributed by atoms with E-state index in [1.807, 2.05) is 0 Å². The zero-order valence-corrected chi connectivity index (χ0v) is 16.0. The Morgan fingerprint density at radius 2 is 2.12 bits per heavy atom. The molecule has 1 heterocycles. The molecule has 1 aliphatic heterocycles. The number of fused-ring (bicyclic) bond motifs is 1. The van der Waals surface area contributed by atoms with Gasteiger partial charge in [-0.1, -0.05) is 12.2 Å². The Morgan fingerprint density at radius 1 is 1.33 bits per heavy atom. The Hall–Kier alpha value is -1.35. The predicted octanol–water partition coefficient (Wildman–Crippen LogP) is 2.74. The van der Waals surface area contributed by atoms with E-state index in [2.05, 4.69) is 27.8 Å². The molecule has 2 N–H and O–H groups in total. The molecule has 0 atom stereocenters. The maximum absolute atomic E-state index is 13.7. The molecule has 24 heavy (non-hydrogen) atoms. The molecule has 0 spiro atoms. The van der Waals surface area contributed by atoms with Crippen molar-refractivity contribution in [2.45, 2.75) is 31.9 Å². The van der Waals surface area contributed by atoms with Gasteiger partial charge in [-0.2, -0.15) is 0 Å². The van der Waals surface area contributed by atoms with Gasteiger partial charge in [-0.05, 0) is 37.0 Å². The zero-order chi connectivity index (χ0) is 16.1. The van der Waals surface area contributed by atoms with Gasteiger partial charge in [-0.25, -0.2) is 4.39 Å². The molecule has 7 heteroatoms. The lowest BCUT2D eigenvalue weighted by Crippen LogP contribution is -2.43. The van der Waals surface area contributed by atoms with Crippen molar-refractivity contribution in [2.75, 3.05) is 20.4 Å². The Bertz CT molecular complexity index is 614. The predicted molar refractivity (Wildman–Crippen MR) is 102 cm³/mol. The van der Waals surface area contributed by atoms with E-state index >= 15 is 0 Å². The fourth-order valence-electron chi connectivity index (χ4n) is 2.88. The van der Waals surface area contributed by atoms with Crippen LogP contribution in [0.3, 0.4) is 0 Å². The van der Waals surface area contributed by atoms with E-state index < -0.39 is 0 Å². The third kappa shape index (κ3) is 4.83. The minimum atomic E-state index is -0.257. The van der Waals surface area contributed by atoms with Crippen LogP contribution in [0.1, 0.15) is 24.0 Å². The van der Waals surface area contributed by atoms with Gasteiger partial charge in [0.05, 0.1) is 6.61 Å². The van der Waals surface area contributed by atoms with E-state index in [-0.39, 0.29) is 36.6 Å². The van der Waals surface area contributed by atoms with Gasteiger partial charge in [0.25, 0.3) is 0 Å². The number of guanidine groups is 1. The van der Waals surface area contributed by atoms with Gasteiger partial charge in [-0.15, -0.1) is 24.0 Å². The highest BCUT2D eigenvalue weighted by Crippen LogP contribution is 2.29. The second-order valence-corrected chi connectivity index (χ2v) is 5.70. The quantitative estimate of drug-likeness (QED) is 0.323. The lowest BCUT2D eigenvalue weighted by molar-refractivity contribution is -0.0172. The van der Waals surface area contributed by atoms with Crippen molar-refractivity contribution in [1.29, 1.82) is 0 Å². The summed E-state index contributed by atoms with van der Waals surface area (Å²) in [6.07, 6.45) is 7.04. The number of benzene rings is 1. The monoisotopic (exact) mass is 447 g/mol. The van der Waals surface area contributed by atoms with Crippen LogP contribution < -0.4 is 15.4 Å². The molecule has 1 aromatic rings. The molecule has 2 aliphatic rings. The summed E-state index contributed by atoms with van der Waals surface area (Å²) in [7, 11) is 1.75. The highest BCUT2D eigenvalue weighted by atomic mass is 127. The Morgan fingerprint density at radius 3 is 2.88 bits per heavy atom. The molecule has 0 unspecified atom stereocenters. The normalized spacial score (nSPS) is 17.0. The van der Waals surface area contributed by atoms with Crippen molar-refractivity contribution in [3.05, 3.63) is 41.2 Å². The summed E-state index contributed by atoms with van der Waals surface area (Å²) in [6.45, 7) is 1.27. The summed E-state index contributed by atoms with van der Waals surface area (Å²) in [5.74, 6) is 1.27. The summed E-state index contributed by atoms with van der Waals surface area (Å²) < 4.78 is 24.4. The SMILES string of the molecule is CN=C(NCCc1cc(F)cc2c1OCOC2)NC1CC=CC1.I. The van der Waals surface area contributed by atoms with Crippen LogP contribution in [-0.2, 0) is 17.8 Å². The molecule has 0 aromatic heterocycles. The van der Waals surface area contributed by atoms with Crippen LogP contribution >= 0.6 is 24.0 Å². The first-order valence-electron chi connectivity index (χ1n) is 7.90. The van der Waals surface area contributed by atoms with Gasteiger partial charge in [0.1, 0.15) is 11.6 Å². The second kappa shape index (κ2) is 9.22. The van der Waals surface area contributed by atoms with Gasteiger partial charge in [0.15, 0.2) is 12.8 Å². The average Bonchev–Trinajstić information content (AvgIpc) is 3.06. The van der Waals surface area contributed by atoms with Crippen molar-refractivity contribution in [1.82, 2.24) is 10.6 Å². The van der Waals surface area contributed by atoms with Crippen molar-refractivity contribution < 1.29 is 13.9 Å². The number of nitrogens with one attached hydrogen (secondary N) is 2. The standard InChI is InChI=1S/C17H22FN3O2.HI/c1-19-17(21-15-4-2-3-5-15)20-7-6-12-8-14(18)9-13-10-22-11-23-16(12)13;/h2-3,8-9,15H,4-7,10-11H2,1H3,(H2,19,20,21);1H. The molecule has 0 bridgehead atoms. The van der Waals surface area contributed by atoms with Crippen molar-refractivity contribution in [3.8, 4) is 5.75 Å². The van der Waals surface area contributed by atoms with E-state index in [1.54, 1.807) is 7.05 Å². The molecule has 0 fully saturated rings. The first-order chi connectivity index (χ1) is 11.3. The zero-order valence-electron chi connectivity index (χ0n) is 13.7. The average molecular weight is 447 g/mol. The first-order valence-corrected chi connectivity index (χ1v) is 7.90. The lowest BCUT2D eigenvalue weighted by Gasteiger charge is -2.21. The third-order valence-corrected chi connectivity index (χ3v) is 4.01. The lowest BCUT2D eigenvalue weighted by atomic mass is 10.1. The Balaban J connectivity index is 0.00000208. The van der Waals surface area contributed by atoms with Crippen molar-refractivity contribution >= 4 is 29.9 Å². The van der Waals surface area contributed by atoms with E-state index in [1.165, 1.54) is 12.1 Å². The summed E-state index contributed by atoms with van der Waals surface area (Å²) in [5, 5.41) is 6.65. The molecule has 0 saturated carbocycles. The first kappa shape index (κ1) is 19.0. The van der Waals surface area contributed by atoms with E-state index in [9.17, 15) is 4.39 Å². The van der Waals surface area contributed by atoms with Gasteiger partial charge in [0, 0.05) is 25.2 Å². The van der Waals surface area contributed by atoms with E-state index in [4.69, 9.17) is 9.47 Å². The molecule has 0 saturated heterocycles. The number of rotatable bonds is 4. The molecular formula is C17H23FIN3O2. The van der Waals surface area contributed by atoms with E-state index in [0.717, 1.165) is 35.7 Å². The third-order valence-electron chi connectivity index (χ3n) is 4.01. The highest BCUT2D eigenvalue weighted by Gasteiger charge is 2.17.